The van der Waals surface area contributed by atoms with E-state index in [0.717, 1.165) is 49.8 Å². The number of carbonyl (C=O) groups excluding carboxylic acids is 2. The van der Waals surface area contributed by atoms with Crippen LogP contribution in [0.1, 0.15) is 65.4 Å². The molecule has 3 fully saturated rings. The number of rotatable bonds is 5. The number of hydrogen-bond acceptors (Lipinski definition) is 7. The Morgan fingerprint density at radius 3 is 2.37 bits per heavy atom. The van der Waals surface area contributed by atoms with Gasteiger partial charge in [-0.2, -0.15) is 4.98 Å². The third-order valence-corrected chi connectivity index (χ3v) is 7.75. The number of hydrogen-bond donors (Lipinski definition) is 3. The average Bonchev–Trinajstić information content (AvgIpc) is 3.56. The molecule has 10 heteroatoms. The molecule has 2 atom stereocenters. The van der Waals surface area contributed by atoms with Crippen LogP contribution >= 0.6 is 0 Å². The summed E-state index contributed by atoms with van der Waals surface area (Å²) in [5, 5.41) is 6.73. The topological polar surface area (TPSA) is 140 Å². The molecule has 1 saturated heterocycles. The Balaban J connectivity index is 0.00000253. The first-order chi connectivity index (χ1) is 16.6. The second kappa shape index (κ2) is 9.26. The van der Waals surface area contributed by atoms with Crippen molar-refractivity contribution in [3.05, 3.63) is 41.9 Å². The molecule has 2 saturated carbocycles. The molecule has 5 N–H and O–H groups in total. The SMILES string of the molecule is CNC(=O)c1cc2cnc(Nc3ccc(C(=O)N4CC5CCC5C4)cn3)nc2n1C1CCCC1.N. The third-order valence-electron chi connectivity index (χ3n) is 7.75. The minimum Gasteiger partial charge on any atom is -0.354 e. The van der Waals surface area contributed by atoms with Gasteiger partial charge in [-0.3, -0.25) is 9.59 Å². The highest BCUT2D eigenvalue weighted by atomic mass is 16.2. The number of carbonyl (C=O) groups is 2. The first kappa shape index (κ1) is 23.2. The van der Waals surface area contributed by atoms with Gasteiger partial charge in [0.2, 0.25) is 5.95 Å². The number of fused-ring (bicyclic) bond motifs is 2. The molecule has 3 aromatic heterocycles. The number of amides is 2. The van der Waals surface area contributed by atoms with Crippen LogP contribution in [0, 0.1) is 11.8 Å². The van der Waals surface area contributed by atoms with Gasteiger partial charge in [-0.15, -0.1) is 0 Å². The maximum atomic E-state index is 12.8. The lowest BCUT2D eigenvalue weighted by Gasteiger charge is -2.27. The highest BCUT2D eigenvalue weighted by Crippen LogP contribution is 2.40. The van der Waals surface area contributed by atoms with Crippen LogP contribution in [0.2, 0.25) is 0 Å². The summed E-state index contributed by atoms with van der Waals surface area (Å²) < 4.78 is 2.06. The van der Waals surface area contributed by atoms with Crippen molar-refractivity contribution in [2.45, 2.75) is 44.6 Å². The zero-order valence-electron chi connectivity index (χ0n) is 20.0. The van der Waals surface area contributed by atoms with Crippen molar-refractivity contribution in [2.24, 2.45) is 11.8 Å². The van der Waals surface area contributed by atoms with Gasteiger partial charge in [0.05, 0.1) is 5.56 Å². The molecule has 3 aliphatic rings. The van der Waals surface area contributed by atoms with Crippen LogP contribution in [0.3, 0.4) is 0 Å². The lowest BCUT2D eigenvalue weighted by molar-refractivity contribution is 0.0786. The van der Waals surface area contributed by atoms with Crippen LogP contribution in [0.4, 0.5) is 11.8 Å². The largest absolute Gasteiger partial charge is 0.354 e. The summed E-state index contributed by atoms with van der Waals surface area (Å²) >= 11 is 0. The Labute approximate surface area is 204 Å². The minimum absolute atomic E-state index is 0. The van der Waals surface area contributed by atoms with E-state index < -0.39 is 0 Å². The summed E-state index contributed by atoms with van der Waals surface area (Å²) in [7, 11) is 1.64. The van der Waals surface area contributed by atoms with Gasteiger partial charge in [-0.25, -0.2) is 9.97 Å². The van der Waals surface area contributed by atoms with E-state index in [1.54, 1.807) is 31.6 Å². The van der Waals surface area contributed by atoms with E-state index >= 15 is 0 Å². The second-order valence-corrected chi connectivity index (χ2v) is 9.75. The van der Waals surface area contributed by atoms with Crippen LogP contribution in [-0.2, 0) is 0 Å². The molecule has 0 spiro atoms. The first-order valence-electron chi connectivity index (χ1n) is 12.2. The van der Waals surface area contributed by atoms with Gasteiger partial charge in [0.1, 0.15) is 17.2 Å². The molecule has 1 aliphatic heterocycles. The maximum absolute atomic E-state index is 12.8. The zero-order chi connectivity index (χ0) is 23.2. The number of nitrogens with zero attached hydrogens (tertiary/aromatic N) is 5. The van der Waals surface area contributed by atoms with E-state index in [0.29, 0.717) is 34.9 Å². The van der Waals surface area contributed by atoms with E-state index in [1.165, 1.54) is 12.8 Å². The van der Waals surface area contributed by atoms with Gasteiger partial charge >= 0.3 is 0 Å². The Morgan fingerprint density at radius 1 is 1.00 bits per heavy atom. The fourth-order valence-electron chi connectivity index (χ4n) is 5.72. The fraction of sp³-hybridized carbons (Fsp3) is 0.480. The quantitative estimate of drug-likeness (QED) is 0.510. The molecule has 2 amide bonds. The fourth-order valence-corrected chi connectivity index (χ4v) is 5.72. The highest BCUT2D eigenvalue weighted by molar-refractivity contribution is 5.98. The molecule has 3 aromatic rings. The molecule has 0 aromatic carbocycles. The normalized spacial score (nSPS) is 21.3. The van der Waals surface area contributed by atoms with Crippen LogP contribution in [-0.4, -0.2) is 56.4 Å². The van der Waals surface area contributed by atoms with Crippen LogP contribution in [0.25, 0.3) is 11.0 Å². The van der Waals surface area contributed by atoms with Crippen LogP contribution in [0.15, 0.2) is 30.6 Å². The molecular weight excluding hydrogens is 444 g/mol. The van der Waals surface area contributed by atoms with Crippen molar-refractivity contribution >= 4 is 34.6 Å². The third kappa shape index (κ3) is 4.12. The molecular formula is C25H32N8O2. The molecule has 10 nitrogen and oxygen atoms in total. The van der Waals surface area contributed by atoms with Crippen LogP contribution < -0.4 is 16.8 Å². The van der Waals surface area contributed by atoms with Crippen molar-refractivity contribution in [3.63, 3.8) is 0 Å². The number of nitrogens with one attached hydrogen (secondary N) is 2. The zero-order valence-corrected chi connectivity index (χ0v) is 20.0. The molecule has 0 radical (unpaired) electrons. The lowest BCUT2D eigenvalue weighted by Crippen LogP contribution is -2.28. The van der Waals surface area contributed by atoms with Gasteiger partial charge in [0, 0.05) is 44.0 Å². The van der Waals surface area contributed by atoms with Gasteiger partial charge in [0.15, 0.2) is 0 Å². The van der Waals surface area contributed by atoms with Crippen LogP contribution in [0.5, 0.6) is 0 Å². The predicted molar refractivity (Wildman–Crippen MR) is 133 cm³/mol. The molecule has 0 bridgehead atoms. The Hall–Kier alpha value is -3.53. The Bertz CT molecular complexity index is 1240. The van der Waals surface area contributed by atoms with Crippen molar-refractivity contribution in [3.8, 4) is 0 Å². The predicted octanol–water partition coefficient (Wildman–Crippen LogP) is 3.69. The van der Waals surface area contributed by atoms with Crippen molar-refractivity contribution in [1.82, 2.24) is 35.9 Å². The lowest BCUT2D eigenvalue weighted by atomic mass is 9.77. The highest BCUT2D eigenvalue weighted by Gasteiger charge is 2.41. The van der Waals surface area contributed by atoms with Gasteiger partial charge in [0.25, 0.3) is 11.8 Å². The second-order valence-electron chi connectivity index (χ2n) is 9.75. The molecule has 2 aliphatic carbocycles. The van der Waals surface area contributed by atoms with E-state index in [4.69, 9.17) is 4.98 Å². The van der Waals surface area contributed by atoms with Gasteiger partial charge in [-0.1, -0.05) is 12.8 Å². The van der Waals surface area contributed by atoms with E-state index in [-0.39, 0.29) is 24.0 Å². The average molecular weight is 477 g/mol. The summed E-state index contributed by atoms with van der Waals surface area (Å²) in [4.78, 5) is 40.9. The summed E-state index contributed by atoms with van der Waals surface area (Å²) in [5.74, 6) is 2.31. The maximum Gasteiger partial charge on any atom is 0.267 e. The standard InChI is InChI=1S/C25H29N7O2.H3N/c1-26-23(33)20-10-18-12-28-25(30-22(18)32(20)19-4-2-3-5-19)29-21-9-8-15(11-27-21)24(34)31-13-16-6-7-17(16)14-31;/h8-12,16-17,19H,2-7,13-14H2,1H3,(H,26,33)(H,27,28,29,30);1H3. The number of pyridine rings is 1. The minimum atomic E-state index is -0.118. The molecule has 6 rings (SSSR count). The summed E-state index contributed by atoms with van der Waals surface area (Å²) in [5.41, 5.74) is 1.97. The first-order valence-corrected chi connectivity index (χ1v) is 12.2. The molecule has 4 heterocycles. The number of anilines is 2. The molecule has 35 heavy (non-hydrogen) atoms. The Kier molecular flexibility index (Phi) is 6.14. The number of aromatic nitrogens is 4. The Morgan fingerprint density at radius 2 is 1.74 bits per heavy atom. The smallest absolute Gasteiger partial charge is 0.267 e. The van der Waals surface area contributed by atoms with Crippen molar-refractivity contribution in [1.29, 1.82) is 0 Å². The monoisotopic (exact) mass is 476 g/mol. The van der Waals surface area contributed by atoms with Gasteiger partial charge < -0.3 is 26.3 Å². The summed E-state index contributed by atoms with van der Waals surface area (Å²) in [6.45, 7) is 1.74. The molecule has 2 unspecified atom stereocenters. The summed E-state index contributed by atoms with van der Waals surface area (Å²) in [6, 6.07) is 5.72. The number of likely N-dealkylation sites (tertiary alicyclic amines) is 1. The van der Waals surface area contributed by atoms with E-state index in [2.05, 4.69) is 25.2 Å². The van der Waals surface area contributed by atoms with Crippen molar-refractivity contribution in [2.75, 3.05) is 25.5 Å². The van der Waals surface area contributed by atoms with Gasteiger partial charge in [-0.05, 0) is 55.7 Å². The molecule has 184 valence electrons. The van der Waals surface area contributed by atoms with E-state index in [9.17, 15) is 9.59 Å². The summed E-state index contributed by atoms with van der Waals surface area (Å²) in [6.07, 6.45) is 10.2. The van der Waals surface area contributed by atoms with E-state index in [1.807, 2.05) is 11.0 Å². The van der Waals surface area contributed by atoms with Crippen molar-refractivity contribution < 1.29 is 9.59 Å².